The summed E-state index contributed by atoms with van der Waals surface area (Å²) in [6.07, 6.45) is 2.16. The quantitative estimate of drug-likeness (QED) is 0.859. The highest BCUT2D eigenvalue weighted by Gasteiger charge is 2.23. The minimum Gasteiger partial charge on any atom is -0.363 e. The first-order valence-electron chi connectivity index (χ1n) is 6.92. The van der Waals surface area contributed by atoms with Gasteiger partial charge in [-0.25, -0.2) is 9.67 Å². The highest BCUT2D eigenvalue weighted by atomic mass is 16.1. The average molecular weight is 270 g/mol. The lowest BCUT2D eigenvalue weighted by atomic mass is 10.0. The molecule has 20 heavy (non-hydrogen) atoms. The first-order chi connectivity index (χ1) is 9.66. The average Bonchev–Trinajstić information content (AvgIpc) is 2.91. The fourth-order valence-corrected chi connectivity index (χ4v) is 2.63. The maximum absolute atomic E-state index is 11.9. The predicted molar refractivity (Wildman–Crippen MR) is 76.8 cm³/mol. The lowest BCUT2D eigenvalue weighted by Crippen LogP contribution is -2.32. The van der Waals surface area contributed by atoms with Crippen LogP contribution in [0.2, 0.25) is 0 Å². The van der Waals surface area contributed by atoms with Crippen LogP contribution in [-0.2, 0) is 6.54 Å². The highest BCUT2D eigenvalue weighted by molar-refractivity contribution is 6.03. The summed E-state index contributed by atoms with van der Waals surface area (Å²) in [6.45, 7) is 5.60. The largest absolute Gasteiger partial charge is 0.363 e. The molecule has 1 aromatic heterocycles. The summed E-state index contributed by atoms with van der Waals surface area (Å²) in [5, 5.41) is 4.26. The number of hydrogen-bond donors (Lipinski definition) is 0. The Morgan fingerprint density at radius 2 is 2.10 bits per heavy atom. The minimum atomic E-state index is 0.224. The van der Waals surface area contributed by atoms with Crippen molar-refractivity contribution in [1.82, 2.24) is 14.8 Å². The fourth-order valence-electron chi connectivity index (χ4n) is 2.63. The molecule has 1 aromatic carbocycles. The third-order valence-corrected chi connectivity index (χ3v) is 3.62. The summed E-state index contributed by atoms with van der Waals surface area (Å²) in [5.74, 6) is 1.16. The zero-order valence-corrected chi connectivity index (χ0v) is 11.8. The molecule has 2 heterocycles. The molecule has 1 aliphatic heterocycles. The van der Waals surface area contributed by atoms with Gasteiger partial charge in [-0.05, 0) is 26.0 Å². The molecule has 104 valence electrons. The zero-order valence-electron chi connectivity index (χ0n) is 11.8. The van der Waals surface area contributed by atoms with Crippen LogP contribution in [-0.4, -0.2) is 27.1 Å². The Balaban J connectivity index is 1.91. The van der Waals surface area contributed by atoms with E-state index in [4.69, 9.17) is 0 Å². The molecular weight excluding hydrogens is 252 g/mol. The Hall–Kier alpha value is -2.17. The summed E-state index contributed by atoms with van der Waals surface area (Å²) in [5.41, 5.74) is 1.82. The van der Waals surface area contributed by atoms with Gasteiger partial charge in [0.05, 0.1) is 6.54 Å². The van der Waals surface area contributed by atoms with Crippen molar-refractivity contribution in [3.63, 3.8) is 0 Å². The number of carbonyl (C=O) groups is 1. The molecule has 0 spiro atoms. The van der Waals surface area contributed by atoms with Crippen molar-refractivity contribution in [2.24, 2.45) is 0 Å². The summed E-state index contributed by atoms with van der Waals surface area (Å²) in [7, 11) is 0. The van der Waals surface area contributed by atoms with Crippen LogP contribution in [0.5, 0.6) is 0 Å². The molecule has 0 saturated heterocycles. The number of para-hydroxylation sites is 1. The molecule has 0 bridgehead atoms. The van der Waals surface area contributed by atoms with Crippen molar-refractivity contribution < 1.29 is 4.79 Å². The van der Waals surface area contributed by atoms with Crippen molar-refractivity contribution in [1.29, 1.82) is 0 Å². The second-order valence-corrected chi connectivity index (χ2v) is 5.33. The van der Waals surface area contributed by atoms with Gasteiger partial charge in [-0.1, -0.05) is 12.1 Å². The Kier molecular flexibility index (Phi) is 3.26. The molecule has 3 rings (SSSR count). The summed E-state index contributed by atoms with van der Waals surface area (Å²) >= 11 is 0. The maximum atomic E-state index is 11.9. The lowest BCUT2D eigenvalue weighted by molar-refractivity contribution is 0.0979. The normalized spacial score (nSPS) is 14.8. The number of carbonyl (C=O) groups excluding carboxylic acids is 1. The first kappa shape index (κ1) is 12.8. The number of fused-ring (bicyclic) bond motifs is 1. The molecule has 0 aliphatic carbocycles. The maximum Gasteiger partial charge on any atom is 0.166 e. The molecule has 2 aromatic rings. The first-order valence-corrected chi connectivity index (χ1v) is 6.92. The van der Waals surface area contributed by atoms with Crippen LogP contribution in [0, 0.1) is 0 Å². The summed E-state index contributed by atoms with van der Waals surface area (Å²) in [4.78, 5) is 18.5. The van der Waals surface area contributed by atoms with Crippen LogP contribution in [0.15, 0.2) is 30.6 Å². The van der Waals surface area contributed by atoms with Crippen LogP contribution in [0.1, 0.15) is 42.5 Å². The Morgan fingerprint density at radius 1 is 1.30 bits per heavy atom. The number of hydrogen-bond acceptors (Lipinski definition) is 4. The zero-order chi connectivity index (χ0) is 14.1. The second-order valence-electron chi connectivity index (χ2n) is 5.33. The summed E-state index contributed by atoms with van der Waals surface area (Å²) in [6, 6.07) is 8.07. The summed E-state index contributed by atoms with van der Waals surface area (Å²) < 4.78 is 1.93. The van der Waals surface area contributed by atoms with Gasteiger partial charge in [0.1, 0.15) is 12.2 Å². The van der Waals surface area contributed by atoms with Crippen molar-refractivity contribution in [3.8, 4) is 0 Å². The number of aromatic nitrogens is 3. The standard InChI is InChI=1S/C15H18N4O/c1-11(2)19-15(16-10-17-19)9-18-8-7-14(20)12-5-3-4-6-13(12)18/h3-6,10-11H,7-9H2,1-2H3. The molecule has 0 unspecified atom stereocenters. The minimum absolute atomic E-state index is 0.224. The number of benzene rings is 1. The van der Waals surface area contributed by atoms with E-state index in [1.54, 1.807) is 6.33 Å². The molecule has 5 nitrogen and oxygen atoms in total. The van der Waals surface area contributed by atoms with Gasteiger partial charge in [-0.2, -0.15) is 5.10 Å². The van der Waals surface area contributed by atoms with E-state index in [-0.39, 0.29) is 11.8 Å². The van der Waals surface area contributed by atoms with Gasteiger partial charge in [0.2, 0.25) is 0 Å². The van der Waals surface area contributed by atoms with Gasteiger partial charge in [0.15, 0.2) is 5.78 Å². The van der Waals surface area contributed by atoms with E-state index < -0.39 is 0 Å². The van der Waals surface area contributed by atoms with E-state index >= 15 is 0 Å². The molecule has 5 heteroatoms. The number of nitrogens with zero attached hydrogens (tertiary/aromatic N) is 4. The van der Waals surface area contributed by atoms with Gasteiger partial charge in [0.25, 0.3) is 0 Å². The number of rotatable bonds is 3. The van der Waals surface area contributed by atoms with Gasteiger partial charge in [-0.15, -0.1) is 0 Å². The van der Waals surface area contributed by atoms with Crippen LogP contribution in [0.25, 0.3) is 0 Å². The predicted octanol–water partition coefficient (Wildman–Crippen LogP) is 2.45. The third kappa shape index (κ3) is 2.19. The molecule has 0 amide bonds. The molecule has 0 radical (unpaired) electrons. The lowest BCUT2D eigenvalue weighted by Gasteiger charge is -2.30. The molecule has 0 N–H and O–H groups in total. The fraction of sp³-hybridized carbons (Fsp3) is 0.400. The van der Waals surface area contributed by atoms with Crippen LogP contribution in [0.4, 0.5) is 5.69 Å². The third-order valence-electron chi connectivity index (χ3n) is 3.62. The number of ketones is 1. The van der Waals surface area contributed by atoms with E-state index in [0.29, 0.717) is 13.0 Å². The van der Waals surface area contributed by atoms with Crippen molar-refractivity contribution >= 4 is 11.5 Å². The molecular formula is C15H18N4O. The van der Waals surface area contributed by atoms with E-state index in [2.05, 4.69) is 28.8 Å². The van der Waals surface area contributed by atoms with E-state index in [1.165, 1.54) is 0 Å². The van der Waals surface area contributed by atoms with E-state index in [9.17, 15) is 4.79 Å². The van der Waals surface area contributed by atoms with E-state index in [0.717, 1.165) is 23.6 Å². The Labute approximate surface area is 118 Å². The highest BCUT2D eigenvalue weighted by Crippen LogP contribution is 2.27. The van der Waals surface area contributed by atoms with Crippen LogP contribution >= 0.6 is 0 Å². The topological polar surface area (TPSA) is 51.0 Å². The molecule has 1 aliphatic rings. The molecule has 0 atom stereocenters. The molecule has 0 saturated carbocycles. The number of Topliss-reactive ketones (excluding diaryl/α,β-unsaturated/α-hetero) is 1. The van der Waals surface area contributed by atoms with Gasteiger partial charge in [0, 0.05) is 30.3 Å². The van der Waals surface area contributed by atoms with Crippen molar-refractivity contribution in [2.75, 3.05) is 11.4 Å². The van der Waals surface area contributed by atoms with E-state index in [1.807, 2.05) is 28.9 Å². The Morgan fingerprint density at radius 3 is 2.90 bits per heavy atom. The Bertz CT molecular complexity index is 632. The van der Waals surface area contributed by atoms with Crippen molar-refractivity contribution in [3.05, 3.63) is 42.0 Å². The van der Waals surface area contributed by atoms with Gasteiger partial charge in [-0.3, -0.25) is 4.79 Å². The second kappa shape index (κ2) is 5.07. The molecule has 0 fully saturated rings. The van der Waals surface area contributed by atoms with Crippen LogP contribution in [0.3, 0.4) is 0 Å². The van der Waals surface area contributed by atoms with Crippen molar-refractivity contribution in [2.45, 2.75) is 32.9 Å². The smallest absolute Gasteiger partial charge is 0.166 e. The SMILES string of the molecule is CC(C)n1ncnc1CN1CCC(=O)c2ccccc21. The monoisotopic (exact) mass is 270 g/mol. The van der Waals surface area contributed by atoms with Gasteiger partial charge >= 0.3 is 0 Å². The number of anilines is 1. The van der Waals surface area contributed by atoms with Gasteiger partial charge < -0.3 is 4.90 Å². The van der Waals surface area contributed by atoms with Crippen LogP contribution < -0.4 is 4.90 Å².